The van der Waals surface area contributed by atoms with Gasteiger partial charge in [-0.05, 0) is 18.9 Å². The maximum Gasteiger partial charge on any atom is 0.306 e. The Kier molecular flexibility index (Phi) is 6.61. The zero-order chi connectivity index (χ0) is 16.7. The molecule has 0 aliphatic heterocycles. The Balaban J connectivity index is 2.03. The Morgan fingerprint density at radius 3 is 2.74 bits per heavy atom. The zero-order valence-corrected chi connectivity index (χ0v) is 14.3. The van der Waals surface area contributed by atoms with Gasteiger partial charge in [0.2, 0.25) is 0 Å². The number of ether oxygens (including phenoxy) is 1. The topological polar surface area (TPSA) is 83.0 Å². The van der Waals surface area contributed by atoms with E-state index in [9.17, 15) is 4.79 Å². The molecule has 0 saturated carbocycles. The van der Waals surface area contributed by atoms with Gasteiger partial charge < -0.3 is 15.0 Å². The highest BCUT2D eigenvalue weighted by Crippen LogP contribution is 2.22. The van der Waals surface area contributed by atoms with Gasteiger partial charge in [-0.15, -0.1) is 10.2 Å². The quantitative estimate of drug-likeness (QED) is 0.588. The standard InChI is InChI=1S/C16H22N4O2S/c1-3-20-15(13(17)11-12-7-5-4-6-8-12)18-19-16(20)23-10-9-14(21)22-2/h4-8,13H,3,9-11,17H2,1-2H3/t13-/m0/s1. The molecule has 0 saturated heterocycles. The molecule has 2 rings (SSSR count). The second-order valence-electron chi connectivity index (χ2n) is 5.06. The van der Waals surface area contributed by atoms with Crippen LogP contribution in [0.2, 0.25) is 0 Å². The average Bonchev–Trinajstić information content (AvgIpc) is 2.98. The fourth-order valence-electron chi connectivity index (χ4n) is 2.27. The van der Waals surface area contributed by atoms with Crippen LogP contribution in [0.1, 0.15) is 30.8 Å². The lowest BCUT2D eigenvalue weighted by atomic mass is 10.1. The number of hydrogen-bond donors (Lipinski definition) is 1. The van der Waals surface area contributed by atoms with Crippen molar-refractivity contribution in [2.75, 3.05) is 12.9 Å². The maximum absolute atomic E-state index is 11.2. The molecule has 1 aromatic heterocycles. The van der Waals surface area contributed by atoms with Crippen LogP contribution in [-0.4, -0.2) is 33.6 Å². The van der Waals surface area contributed by atoms with Crippen LogP contribution in [0.4, 0.5) is 0 Å². The molecular formula is C16H22N4O2S. The van der Waals surface area contributed by atoms with E-state index in [1.54, 1.807) is 0 Å². The van der Waals surface area contributed by atoms with E-state index in [2.05, 4.69) is 27.1 Å². The summed E-state index contributed by atoms with van der Waals surface area (Å²) in [5.41, 5.74) is 7.48. The number of nitrogens with zero attached hydrogens (tertiary/aromatic N) is 3. The van der Waals surface area contributed by atoms with Crippen molar-refractivity contribution in [1.29, 1.82) is 0 Å². The van der Waals surface area contributed by atoms with E-state index in [4.69, 9.17) is 5.73 Å². The maximum atomic E-state index is 11.2. The van der Waals surface area contributed by atoms with Crippen molar-refractivity contribution in [3.8, 4) is 0 Å². The Labute approximate surface area is 140 Å². The Morgan fingerprint density at radius 2 is 2.09 bits per heavy atom. The molecule has 0 radical (unpaired) electrons. The molecule has 2 aromatic rings. The second kappa shape index (κ2) is 8.69. The normalized spacial score (nSPS) is 12.1. The summed E-state index contributed by atoms with van der Waals surface area (Å²) < 4.78 is 6.65. The summed E-state index contributed by atoms with van der Waals surface area (Å²) in [7, 11) is 1.39. The van der Waals surface area contributed by atoms with Crippen molar-refractivity contribution in [2.24, 2.45) is 5.73 Å². The third-order valence-corrected chi connectivity index (χ3v) is 4.43. The van der Waals surface area contributed by atoms with Crippen LogP contribution in [0.5, 0.6) is 0 Å². The predicted molar refractivity (Wildman–Crippen MR) is 90.1 cm³/mol. The van der Waals surface area contributed by atoms with Crippen LogP contribution in [-0.2, 0) is 22.5 Å². The summed E-state index contributed by atoms with van der Waals surface area (Å²) in [5, 5.41) is 9.26. The molecule has 1 aromatic carbocycles. The minimum Gasteiger partial charge on any atom is -0.469 e. The summed E-state index contributed by atoms with van der Waals surface area (Å²) in [6, 6.07) is 9.89. The summed E-state index contributed by atoms with van der Waals surface area (Å²) in [4.78, 5) is 11.2. The summed E-state index contributed by atoms with van der Waals surface area (Å²) >= 11 is 1.49. The second-order valence-corrected chi connectivity index (χ2v) is 6.12. The molecule has 2 N–H and O–H groups in total. The van der Waals surface area contributed by atoms with Gasteiger partial charge in [0, 0.05) is 12.3 Å². The number of carbonyl (C=O) groups is 1. The first-order valence-electron chi connectivity index (χ1n) is 7.58. The van der Waals surface area contributed by atoms with Crippen molar-refractivity contribution in [3.05, 3.63) is 41.7 Å². The van der Waals surface area contributed by atoms with Gasteiger partial charge in [-0.25, -0.2) is 0 Å². The summed E-state index contributed by atoms with van der Waals surface area (Å²) in [5.74, 6) is 1.16. The lowest BCUT2D eigenvalue weighted by Crippen LogP contribution is -2.19. The molecule has 1 atom stereocenters. The van der Waals surface area contributed by atoms with Gasteiger partial charge in [-0.3, -0.25) is 4.79 Å². The Morgan fingerprint density at radius 1 is 1.35 bits per heavy atom. The molecule has 1 heterocycles. The number of rotatable bonds is 8. The van der Waals surface area contributed by atoms with E-state index in [0.29, 0.717) is 18.6 Å². The van der Waals surface area contributed by atoms with E-state index >= 15 is 0 Å². The van der Waals surface area contributed by atoms with E-state index < -0.39 is 0 Å². The lowest BCUT2D eigenvalue weighted by Gasteiger charge is -2.13. The molecule has 0 amide bonds. The van der Waals surface area contributed by atoms with E-state index in [1.807, 2.05) is 29.7 Å². The van der Waals surface area contributed by atoms with Crippen LogP contribution in [0.3, 0.4) is 0 Å². The third-order valence-electron chi connectivity index (χ3n) is 3.46. The zero-order valence-electron chi connectivity index (χ0n) is 13.4. The molecule has 124 valence electrons. The molecule has 0 bridgehead atoms. The molecule has 0 aliphatic rings. The predicted octanol–water partition coefficient (Wildman–Crippen LogP) is 2.20. The fraction of sp³-hybridized carbons (Fsp3) is 0.438. The van der Waals surface area contributed by atoms with E-state index in [0.717, 1.165) is 17.5 Å². The Bertz CT molecular complexity index is 630. The summed E-state index contributed by atoms with van der Waals surface area (Å²) in [6.45, 7) is 2.78. The van der Waals surface area contributed by atoms with Gasteiger partial charge in [0.15, 0.2) is 11.0 Å². The number of thioether (sulfide) groups is 1. The monoisotopic (exact) mass is 334 g/mol. The van der Waals surface area contributed by atoms with Crippen LogP contribution in [0, 0.1) is 0 Å². The van der Waals surface area contributed by atoms with Crippen molar-refractivity contribution in [2.45, 2.75) is 37.5 Å². The summed E-state index contributed by atoms with van der Waals surface area (Å²) in [6.07, 6.45) is 1.06. The first kappa shape index (κ1) is 17.5. The van der Waals surface area contributed by atoms with Gasteiger partial charge in [-0.2, -0.15) is 0 Å². The largest absolute Gasteiger partial charge is 0.469 e. The molecule has 0 spiro atoms. The van der Waals surface area contributed by atoms with Crippen LogP contribution < -0.4 is 5.73 Å². The number of carbonyl (C=O) groups excluding carboxylic acids is 1. The van der Waals surface area contributed by atoms with E-state index in [-0.39, 0.29) is 12.0 Å². The first-order chi connectivity index (χ1) is 11.2. The van der Waals surface area contributed by atoms with Crippen molar-refractivity contribution in [3.63, 3.8) is 0 Å². The van der Waals surface area contributed by atoms with Crippen molar-refractivity contribution >= 4 is 17.7 Å². The number of aromatic nitrogens is 3. The average molecular weight is 334 g/mol. The number of esters is 1. The number of benzene rings is 1. The number of hydrogen-bond acceptors (Lipinski definition) is 6. The number of nitrogens with two attached hydrogens (primary N) is 1. The molecule has 0 unspecified atom stereocenters. The minimum atomic E-state index is -0.221. The van der Waals surface area contributed by atoms with Crippen LogP contribution in [0.15, 0.2) is 35.5 Å². The van der Waals surface area contributed by atoms with Crippen molar-refractivity contribution in [1.82, 2.24) is 14.8 Å². The SMILES string of the molecule is CCn1c(SCCC(=O)OC)nnc1[C@@H](N)Cc1ccccc1. The minimum absolute atomic E-state index is 0.209. The van der Waals surface area contributed by atoms with Gasteiger partial charge in [0.05, 0.1) is 19.6 Å². The highest BCUT2D eigenvalue weighted by atomic mass is 32.2. The highest BCUT2D eigenvalue weighted by molar-refractivity contribution is 7.99. The fourth-order valence-corrected chi connectivity index (χ4v) is 3.19. The van der Waals surface area contributed by atoms with Crippen molar-refractivity contribution < 1.29 is 9.53 Å². The van der Waals surface area contributed by atoms with Gasteiger partial charge >= 0.3 is 5.97 Å². The lowest BCUT2D eigenvalue weighted by molar-refractivity contribution is -0.140. The van der Waals surface area contributed by atoms with Crippen LogP contribution >= 0.6 is 11.8 Å². The molecule has 0 aliphatic carbocycles. The Hall–Kier alpha value is -1.86. The molecule has 23 heavy (non-hydrogen) atoms. The molecule has 0 fully saturated rings. The molecule has 7 heteroatoms. The van der Waals surface area contributed by atoms with E-state index in [1.165, 1.54) is 24.4 Å². The smallest absolute Gasteiger partial charge is 0.306 e. The molecule has 6 nitrogen and oxygen atoms in total. The first-order valence-corrected chi connectivity index (χ1v) is 8.56. The van der Waals surface area contributed by atoms with Gasteiger partial charge in [-0.1, -0.05) is 42.1 Å². The highest BCUT2D eigenvalue weighted by Gasteiger charge is 2.18. The van der Waals surface area contributed by atoms with Gasteiger partial charge in [0.25, 0.3) is 0 Å². The van der Waals surface area contributed by atoms with Gasteiger partial charge in [0.1, 0.15) is 0 Å². The third kappa shape index (κ3) is 4.80. The van der Waals surface area contributed by atoms with Crippen LogP contribution in [0.25, 0.3) is 0 Å². The number of methoxy groups -OCH3 is 1. The molecular weight excluding hydrogens is 312 g/mol.